The van der Waals surface area contributed by atoms with E-state index in [1.807, 2.05) is 51.2 Å². The summed E-state index contributed by atoms with van der Waals surface area (Å²) in [5.41, 5.74) is 1.95. The van der Waals surface area contributed by atoms with E-state index in [9.17, 15) is 14.4 Å². The maximum atomic E-state index is 13.0. The second kappa shape index (κ2) is 7.85. The van der Waals surface area contributed by atoms with E-state index in [1.54, 1.807) is 12.1 Å². The molecule has 0 radical (unpaired) electrons. The lowest BCUT2D eigenvalue weighted by Gasteiger charge is -2.25. The molecule has 148 valence electrons. The minimum atomic E-state index is -1.17. The number of hydrogen-bond donors (Lipinski definition) is 3. The first-order valence-corrected chi connectivity index (χ1v) is 9.24. The Morgan fingerprint density at radius 1 is 1.21 bits per heavy atom. The van der Waals surface area contributed by atoms with Crippen LogP contribution < -0.4 is 15.6 Å². The summed E-state index contributed by atoms with van der Waals surface area (Å²) >= 11 is 0. The number of nitrogens with one attached hydrogen (secondary N) is 3. The zero-order valence-electron chi connectivity index (χ0n) is 16.2. The normalized spacial score (nSPS) is 20.2. The van der Waals surface area contributed by atoms with Crippen molar-refractivity contribution >= 4 is 17.8 Å². The first kappa shape index (κ1) is 19.6. The summed E-state index contributed by atoms with van der Waals surface area (Å²) in [7, 11) is 1.84. The molecule has 1 aliphatic rings. The van der Waals surface area contributed by atoms with E-state index in [-0.39, 0.29) is 6.54 Å². The number of likely N-dealkylation sites (N-methyl/N-ethyl adjacent to an activating group) is 1. The minimum Gasteiger partial charge on any atom is -0.460 e. The van der Waals surface area contributed by atoms with Gasteiger partial charge in [-0.25, -0.2) is 4.79 Å². The van der Waals surface area contributed by atoms with Crippen molar-refractivity contribution in [2.75, 3.05) is 13.6 Å². The fourth-order valence-electron chi connectivity index (χ4n) is 3.42. The van der Waals surface area contributed by atoms with Crippen LogP contribution in [0.5, 0.6) is 0 Å². The number of urea groups is 1. The van der Waals surface area contributed by atoms with Crippen molar-refractivity contribution in [1.82, 2.24) is 15.8 Å². The number of hydrazine groups is 1. The molecule has 28 heavy (non-hydrogen) atoms. The lowest BCUT2D eigenvalue weighted by molar-refractivity contribution is -0.886. The van der Waals surface area contributed by atoms with Crippen LogP contribution in [-0.2, 0) is 21.7 Å². The summed E-state index contributed by atoms with van der Waals surface area (Å²) in [5, 5.41) is 3.52. The number of benzene rings is 1. The standard InChI is InChI=1S/C20H24N4O4/c1-4-20(15-8-6-5-7-9-15)18(26)24(19(27)21-20)22-17(25)13-23(3)12-16-11-10-14(2)28-16/h5-11H,4,12-13H2,1-3H3,(H,21,27)(H,22,25)/p+1/t20-/m1/s1. The van der Waals surface area contributed by atoms with Crippen molar-refractivity contribution in [3.8, 4) is 0 Å². The van der Waals surface area contributed by atoms with Gasteiger partial charge < -0.3 is 14.6 Å². The monoisotopic (exact) mass is 385 g/mol. The molecule has 1 aliphatic heterocycles. The molecule has 2 atom stereocenters. The lowest BCUT2D eigenvalue weighted by atomic mass is 9.87. The van der Waals surface area contributed by atoms with Crippen molar-refractivity contribution < 1.29 is 23.7 Å². The zero-order chi connectivity index (χ0) is 20.3. The minimum absolute atomic E-state index is 0.0846. The number of carbonyl (C=O) groups is 3. The molecule has 1 unspecified atom stereocenters. The van der Waals surface area contributed by atoms with Crippen molar-refractivity contribution in [2.45, 2.75) is 32.4 Å². The van der Waals surface area contributed by atoms with Gasteiger partial charge in [-0.05, 0) is 31.0 Å². The van der Waals surface area contributed by atoms with Gasteiger partial charge in [0.05, 0.1) is 7.05 Å². The molecule has 4 amide bonds. The van der Waals surface area contributed by atoms with Crippen molar-refractivity contribution in [3.05, 3.63) is 59.5 Å². The predicted octanol–water partition coefficient (Wildman–Crippen LogP) is 0.491. The van der Waals surface area contributed by atoms with Crippen molar-refractivity contribution in [1.29, 1.82) is 0 Å². The average molecular weight is 385 g/mol. The molecule has 8 heteroatoms. The van der Waals surface area contributed by atoms with Crippen LogP contribution >= 0.6 is 0 Å². The van der Waals surface area contributed by atoms with Gasteiger partial charge in [0.25, 0.3) is 11.8 Å². The molecule has 0 spiro atoms. The fourth-order valence-corrected chi connectivity index (χ4v) is 3.42. The topological polar surface area (TPSA) is 96.1 Å². The average Bonchev–Trinajstić information content (AvgIpc) is 3.18. The molecular formula is C20H25N4O4+. The first-order valence-electron chi connectivity index (χ1n) is 9.24. The van der Waals surface area contributed by atoms with Gasteiger partial charge in [0, 0.05) is 0 Å². The number of imide groups is 1. The third kappa shape index (κ3) is 3.77. The van der Waals surface area contributed by atoms with Crippen LogP contribution in [0, 0.1) is 6.92 Å². The van der Waals surface area contributed by atoms with Crippen molar-refractivity contribution in [2.24, 2.45) is 0 Å². The lowest BCUT2D eigenvalue weighted by Crippen LogP contribution is -3.09. The Balaban J connectivity index is 1.66. The maximum absolute atomic E-state index is 13.0. The number of amides is 4. The molecule has 2 aromatic rings. The highest BCUT2D eigenvalue weighted by Gasteiger charge is 2.52. The largest absolute Gasteiger partial charge is 0.460 e. The first-order chi connectivity index (χ1) is 13.4. The van der Waals surface area contributed by atoms with Crippen molar-refractivity contribution in [3.63, 3.8) is 0 Å². The van der Waals surface area contributed by atoms with E-state index in [4.69, 9.17) is 4.42 Å². The number of carbonyl (C=O) groups excluding carboxylic acids is 3. The Bertz CT molecular complexity index is 879. The molecule has 1 aromatic carbocycles. The molecule has 2 heterocycles. The zero-order valence-corrected chi connectivity index (χ0v) is 16.2. The smallest absolute Gasteiger partial charge is 0.344 e. The highest BCUT2D eigenvalue weighted by Crippen LogP contribution is 2.31. The highest BCUT2D eigenvalue weighted by molar-refractivity contribution is 6.08. The van der Waals surface area contributed by atoms with Crippen LogP contribution in [-0.4, -0.2) is 36.4 Å². The molecule has 1 fully saturated rings. The Hall–Kier alpha value is -3.13. The summed E-state index contributed by atoms with van der Waals surface area (Å²) in [6.45, 7) is 4.28. The second-order valence-electron chi connectivity index (χ2n) is 7.05. The van der Waals surface area contributed by atoms with Gasteiger partial charge in [-0.15, -0.1) is 0 Å². The molecule has 3 rings (SSSR count). The van der Waals surface area contributed by atoms with E-state index in [1.165, 1.54) is 0 Å². The highest BCUT2D eigenvalue weighted by atomic mass is 16.3. The van der Waals surface area contributed by atoms with Crippen LogP contribution in [0.15, 0.2) is 46.9 Å². The van der Waals surface area contributed by atoms with E-state index < -0.39 is 23.4 Å². The van der Waals surface area contributed by atoms with E-state index in [2.05, 4.69) is 10.7 Å². The molecule has 3 N–H and O–H groups in total. The van der Waals surface area contributed by atoms with Crippen LogP contribution in [0.2, 0.25) is 0 Å². The van der Waals surface area contributed by atoms with Gasteiger partial charge in [0.15, 0.2) is 12.3 Å². The van der Waals surface area contributed by atoms with E-state index in [0.717, 1.165) is 21.4 Å². The summed E-state index contributed by atoms with van der Waals surface area (Å²) in [6.07, 6.45) is 0.372. The third-order valence-electron chi connectivity index (χ3n) is 4.86. The van der Waals surface area contributed by atoms with Gasteiger partial charge >= 0.3 is 6.03 Å². The summed E-state index contributed by atoms with van der Waals surface area (Å²) in [6, 6.07) is 12.1. The molecule has 1 saturated heterocycles. The Labute approximate surface area is 163 Å². The number of rotatable bonds is 7. The van der Waals surface area contributed by atoms with Gasteiger partial charge in [0.1, 0.15) is 17.8 Å². The summed E-state index contributed by atoms with van der Waals surface area (Å²) in [5.74, 6) is 0.665. The number of furan rings is 1. The molecule has 0 saturated carbocycles. The summed E-state index contributed by atoms with van der Waals surface area (Å²) in [4.78, 5) is 38.7. The van der Waals surface area contributed by atoms with Gasteiger partial charge in [0.2, 0.25) is 0 Å². The van der Waals surface area contributed by atoms with Crippen LogP contribution in [0.3, 0.4) is 0 Å². The van der Waals surface area contributed by atoms with Gasteiger partial charge in [-0.1, -0.05) is 37.3 Å². The number of nitrogens with zero attached hydrogens (tertiary/aromatic N) is 1. The Kier molecular flexibility index (Phi) is 5.51. The third-order valence-corrected chi connectivity index (χ3v) is 4.86. The van der Waals surface area contributed by atoms with Crippen LogP contribution in [0.25, 0.3) is 0 Å². The molecule has 0 bridgehead atoms. The van der Waals surface area contributed by atoms with Gasteiger partial charge in [-0.3, -0.25) is 15.0 Å². The SMILES string of the molecule is CC[C@]1(c2ccccc2)NC(=O)N(NC(=O)C[NH+](C)Cc2ccc(C)o2)C1=O. The molecule has 0 aliphatic carbocycles. The Morgan fingerprint density at radius 2 is 1.93 bits per heavy atom. The Morgan fingerprint density at radius 3 is 2.54 bits per heavy atom. The summed E-state index contributed by atoms with van der Waals surface area (Å²) < 4.78 is 5.51. The number of quaternary nitrogens is 1. The number of aryl methyl sites for hydroxylation is 1. The second-order valence-corrected chi connectivity index (χ2v) is 7.05. The fraction of sp³-hybridized carbons (Fsp3) is 0.350. The predicted molar refractivity (Wildman–Crippen MR) is 101 cm³/mol. The van der Waals surface area contributed by atoms with Crippen LogP contribution in [0.4, 0.5) is 4.79 Å². The van der Waals surface area contributed by atoms with E-state index in [0.29, 0.717) is 18.5 Å². The maximum Gasteiger partial charge on any atom is 0.344 e. The quantitative estimate of drug-likeness (QED) is 0.605. The van der Waals surface area contributed by atoms with E-state index >= 15 is 0 Å². The van der Waals surface area contributed by atoms with Crippen LogP contribution in [0.1, 0.15) is 30.4 Å². The molecular weight excluding hydrogens is 360 g/mol. The number of hydrogen-bond acceptors (Lipinski definition) is 4. The van der Waals surface area contributed by atoms with Gasteiger partial charge in [-0.2, -0.15) is 5.01 Å². The molecule has 1 aromatic heterocycles. The molecule has 8 nitrogen and oxygen atoms in total.